The molecule has 19 heavy (non-hydrogen) atoms. The number of carbonyl (C=O) groups excluding carboxylic acids is 1. The number of nitrogens with one attached hydrogen (secondary N) is 2. The van der Waals surface area contributed by atoms with E-state index in [9.17, 15) is 4.79 Å². The highest BCUT2D eigenvalue weighted by molar-refractivity contribution is 5.78. The molecule has 1 aromatic carbocycles. The zero-order valence-corrected chi connectivity index (χ0v) is 11.3. The Morgan fingerprint density at radius 3 is 2.68 bits per heavy atom. The van der Waals surface area contributed by atoms with Crippen LogP contribution in [0.25, 0.3) is 0 Å². The number of piperidine rings is 1. The molecule has 3 heteroatoms. The Morgan fingerprint density at radius 1 is 1.21 bits per heavy atom. The molecule has 2 aliphatic rings. The van der Waals surface area contributed by atoms with Gasteiger partial charge in [0.25, 0.3) is 0 Å². The summed E-state index contributed by atoms with van der Waals surface area (Å²) in [4.78, 5) is 12.0. The fourth-order valence-corrected chi connectivity index (χ4v) is 3.04. The molecule has 0 bridgehead atoms. The van der Waals surface area contributed by atoms with Crippen LogP contribution in [-0.4, -0.2) is 25.5 Å². The first kappa shape index (κ1) is 12.7. The topological polar surface area (TPSA) is 41.1 Å². The van der Waals surface area contributed by atoms with Gasteiger partial charge in [-0.15, -0.1) is 0 Å². The van der Waals surface area contributed by atoms with E-state index < -0.39 is 0 Å². The molecule has 1 amide bonds. The van der Waals surface area contributed by atoms with Gasteiger partial charge in [-0.1, -0.05) is 30.3 Å². The van der Waals surface area contributed by atoms with Gasteiger partial charge in [0.2, 0.25) is 5.91 Å². The third-order valence-electron chi connectivity index (χ3n) is 4.40. The summed E-state index contributed by atoms with van der Waals surface area (Å²) in [6.07, 6.45) is 3.19. The molecule has 1 aliphatic carbocycles. The lowest BCUT2D eigenvalue weighted by Crippen LogP contribution is -2.38. The first-order valence-corrected chi connectivity index (χ1v) is 7.38. The quantitative estimate of drug-likeness (QED) is 0.866. The largest absolute Gasteiger partial charge is 0.356 e. The Labute approximate surface area is 114 Å². The molecule has 0 aromatic heterocycles. The van der Waals surface area contributed by atoms with Gasteiger partial charge in [-0.2, -0.15) is 0 Å². The Balaban J connectivity index is 1.43. The molecule has 1 heterocycles. The normalized spacial score (nSPS) is 26.9. The number of hydrogen-bond acceptors (Lipinski definition) is 2. The number of benzene rings is 1. The molecule has 0 radical (unpaired) electrons. The van der Waals surface area contributed by atoms with Crippen molar-refractivity contribution in [2.24, 2.45) is 11.8 Å². The summed E-state index contributed by atoms with van der Waals surface area (Å²) < 4.78 is 0. The maximum Gasteiger partial charge on any atom is 0.223 e. The summed E-state index contributed by atoms with van der Waals surface area (Å²) in [7, 11) is 0. The summed E-state index contributed by atoms with van der Waals surface area (Å²) in [6.45, 7) is 2.81. The smallest absolute Gasteiger partial charge is 0.223 e. The van der Waals surface area contributed by atoms with E-state index in [1.807, 2.05) is 0 Å². The van der Waals surface area contributed by atoms with E-state index in [4.69, 9.17) is 0 Å². The molecule has 1 aromatic rings. The molecule has 3 rings (SSSR count). The van der Waals surface area contributed by atoms with Gasteiger partial charge in [-0.25, -0.2) is 0 Å². The van der Waals surface area contributed by atoms with Crippen molar-refractivity contribution in [1.29, 1.82) is 0 Å². The van der Waals surface area contributed by atoms with Crippen LogP contribution in [0.5, 0.6) is 0 Å². The van der Waals surface area contributed by atoms with Crippen molar-refractivity contribution in [3.8, 4) is 0 Å². The Bertz CT molecular complexity index is 426. The maximum atomic E-state index is 12.0. The van der Waals surface area contributed by atoms with Crippen LogP contribution in [0.4, 0.5) is 0 Å². The van der Waals surface area contributed by atoms with E-state index in [1.165, 1.54) is 12.0 Å². The van der Waals surface area contributed by atoms with E-state index in [-0.39, 0.29) is 11.8 Å². The van der Waals surface area contributed by atoms with Crippen LogP contribution in [0.1, 0.15) is 30.7 Å². The van der Waals surface area contributed by atoms with E-state index in [2.05, 4.69) is 41.0 Å². The number of amides is 1. The van der Waals surface area contributed by atoms with Crippen molar-refractivity contribution in [2.45, 2.75) is 25.2 Å². The minimum atomic E-state index is 0.232. The van der Waals surface area contributed by atoms with E-state index in [0.29, 0.717) is 11.8 Å². The zero-order valence-electron chi connectivity index (χ0n) is 11.3. The summed E-state index contributed by atoms with van der Waals surface area (Å²) >= 11 is 0. The molecule has 102 valence electrons. The fourth-order valence-electron chi connectivity index (χ4n) is 3.04. The van der Waals surface area contributed by atoms with Crippen LogP contribution in [0.15, 0.2) is 30.3 Å². The van der Waals surface area contributed by atoms with Gasteiger partial charge in [0.05, 0.1) is 0 Å². The average molecular weight is 258 g/mol. The van der Waals surface area contributed by atoms with Crippen LogP contribution >= 0.6 is 0 Å². The lowest BCUT2D eigenvalue weighted by Gasteiger charge is -2.21. The third kappa shape index (κ3) is 3.16. The van der Waals surface area contributed by atoms with Crippen molar-refractivity contribution in [1.82, 2.24) is 10.6 Å². The lowest BCUT2D eigenvalue weighted by atomic mass is 9.97. The van der Waals surface area contributed by atoms with Crippen LogP contribution < -0.4 is 10.6 Å². The van der Waals surface area contributed by atoms with E-state index in [1.54, 1.807) is 0 Å². The Hall–Kier alpha value is -1.35. The standard InChI is InChI=1S/C16H22N2O/c19-16(13-6-8-17-9-7-13)18-11-14-10-15(14)12-4-2-1-3-5-12/h1-5,13-15,17H,6-11H2,(H,18,19)/t14-,15-/m1/s1. The summed E-state index contributed by atoms with van der Waals surface area (Å²) in [5, 5.41) is 6.44. The van der Waals surface area contributed by atoms with Crippen LogP contribution in [0.3, 0.4) is 0 Å². The van der Waals surface area contributed by atoms with Crippen LogP contribution in [0.2, 0.25) is 0 Å². The molecule has 3 nitrogen and oxygen atoms in total. The summed E-state index contributed by atoms with van der Waals surface area (Å²) in [6, 6.07) is 10.6. The molecule has 1 saturated heterocycles. The average Bonchev–Trinajstić information content (AvgIpc) is 3.26. The maximum absolute atomic E-state index is 12.0. The molecule has 0 unspecified atom stereocenters. The Kier molecular flexibility index (Phi) is 3.83. The highest BCUT2D eigenvalue weighted by Gasteiger charge is 2.38. The van der Waals surface area contributed by atoms with E-state index in [0.717, 1.165) is 32.5 Å². The van der Waals surface area contributed by atoms with Crippen molar-refractivity contribution >= 4 is 5.91 Å². The zero-order chi connectivity index (χ0) is 13.1. The van der Waals surface area contributed by atoms with E-state index >= 15 is 0 Å². The predicted molar refractivity (Wildman–Crippen MR) is 75.9 cm³/mol. The highest BCUT2D eigenvalue weighted by atomic mass is 16.1. The van der Waals surface area contributed by atoms with Gasteiger partial charge in [0, 0.05) is 12.5 Å². The number of hydrogen-bond donors (Lipinski definition) is 2. The van der Waals surface area contributed by atoms with Gasteiger partial charge < -0.3 is 10.6 Å². The SMILES string of the molecule is O=C(NC[C@H]1C[C@@H]1c1ccccc1)C1CCNCC1. The molecule has 2 N–H and O–H groups in total. The van der Waals surface area contributed by atoms with Gasteiger partial charge >= 0.3 is 0 Å². The monoisotopic (exact) mass is 258 g/mol. The molecular weight excluding hydrogens is 236 g/mol. The second kappa shape index (κ2) is 5.74. The lowest BCUT2D eigenvalue weighted by molar-refractivity contribution is -0.125. The van der Waals surface area contributed by atoms with Crippen molar-refractivity contribution in [3.63, 3.8) is 0 Å². The van der Waals surface area contributed by atoms with Gasteiger partial charge in [-0.05, 0) is 49.8 Å². The first-order valence-electron chi connectivity index (χ1n) is 7.38. The number of rotatable bonds is 4. The summed E-state index contributed by atoms with van der Waals surface area (Å²) in [5.41, 5.74) is 1.42. The predicted octanol–water partition coefficient (Wildman–Crippen LogP) is 1.91. The molecule has 1 aliphatic heterocycles. The van der Waals surface area contributed by atoms with Gasteiger partial charge in [0.15, 0.2) is 0 Å². The van der Waals surface area contributed by atoms with Crippen molar-refractivity contribution in [2.75, 3.05) is 19.6 Å². The summed E-state index contributed by atoms with van der Waals surface area (Å²) in [5.74, 6) is 1.80. The van der Waals surface area contributed by atoms with Crippen LogP contribution in [0, 0.1) is 11.8 Å². The van der Waals surface area contributed by atoms with Crippen molar-refractivity contribution in [3.05, 3.63) is 35.9 Å². The Morgan fingerprint density at radius 2 is 1.95 bits per heavy atom. The molecule has 2 fully saturated rings. The highest BCUT2D eigenvalue weighted by Crippen LogP contribution is 2.46. The second-order valence-corrected chi connectivity index (χ2v) is 5.78. The number of carbonyl (C=O) groups is 1. The third-order valence-corrected chi connectivity index (χ3v) is 4.40. The fraction of sp³-hybridized carbons (Fsp3) is 0.562. The molecule has 0 spiro atoms. The van der Waals surface area contributed by atoms with Gasteiger partial charge in [-0.3, -0.25) is 4.79 Å². The van der Waals surface area contributed by atoms with Crippen LogP contribution in [-0.2, 0) is 4.79 Å². The molecular formula is C16H22N2O. The minimum absolute atomic E-state index is 0.232. The molecule has 1 saturated carbocycles. The second-order valence-electron chi connectivity index (χ2n) is 5.78. The minimum Gasteiger partial charge on any atom is -0.356 e. The van der Waals surface area contributed by atoms with Gasteiger partial charge in [0.1, 0.15) is 0 Å². The van der Waals surface area contributed by atoms with Crippen molar-refractivity contribution < 1.29 is 4.79 Å². The first-order chi connectivity index (χ1) is 9.34. The molecule has 2 atom stereocenters.